The Bertz CT molecular complexity index is 1230. The Morgan fingerprint density at radius 3 is 2.55 bits per heavy atom. The number of nitrogens with two attached hydrogens (primary N) is 1. The summed E-state index contributed by atoms with van der Waals surface area (Å²) in [5.41, 5.74) is 8.30. The van der Waals surface area contributed by atoms with Gasteiger partial charge in [0.25, 0.3) is 0 Å². The van der Waals surface area contributed by atoms with E-state index in [1.807, 2.05) is 31.2 Å². The number of rotatable bonds is 12. The molecule has 0 spiro atoms. The third-order valence-electron chi connectivity index (χ3n) is 5.66. The minimum atomic E-state index is -0.582. The Morgan fingerprint density at radius 2 is 1.82 bits per heavy atom. The molecule has 0 aromatic heterocycles. The molecular formula is C29H32BrN3O5. The average molecular weight is 582 g/mol. The van der Waals surface area contributed by atoms with E-state index in [0.29, 0.717) is 35.7 Å². The van der Waals surface area contributed by atoms with Crippen molar-refractivity contribution >= 4 is 45.0 Å². The van der Waals surface area contributed by atoms with Gasteiger partial charge in [0.2, 0.25) is 5.91 Å². The molecule has 0 saturated carbocycles. The van der Waals surface area contributed by atoms with Crippen molar-refractivity contribution in [1.29, 1.82) is 0 Å². The Kier molecular flexibility index (Phi) is 11.2. The number of amides is 2. The summed E-state index contributed by atoms with van der Waals surface area (Å²) >= 11 is 3.38. The number of aliphatic hydroxyl groups excluding tert-OH is 1. The predicted molar refractivity (Wildman–Crippen MR) is 153 cm³/mol. The smallest absolute Gasteiger partial charge is 0.412 e. The van der Waals surface area contributed by atoms with Gasteiger partial charge in [-0.15, -0.1) is 0 Å². The van der Waals surface area contributed by atoms with Crippen LogP contribution < -0.4 is 21.1 Å². The van der Waals surface area contributed by atoms with Crippen LogP contribution in [0.1, 0.15) is 31.4 Å². The van der Waals surface area contributed by atoms with Crippen molar-refractivity contribution in [2.24, 2.45) is 5.92 Å². The van der Waals surface area contributed by atoms with Crippen LogP contribution >= 0.6 is 15.9 Å². The maximum atomic E-state index is 12.8. The summed E-state index contributed by atoms with van der Waals surface area (Å²) in [6.45, 7) is 2.04. The van der Waals surface area contributed by atoms with Gasteiger partial charge in [0, 0.05) is 10.2 Å². The number of hydrogen-bond donors (Lipinski definition) is 4. The fourth-order valence-corrected chi connectivity index (χ4v) is 4.00. The molecule has 8 nitrogen and oxygen atoms in total. The van der Waals surface area contributed by atoms with Crippen molar-refractivity contribution in [3.05, 3.63) is 95.0 Å². The number of benzene rings is 3. The molecule has 2 atom stereocenters. The SMILES string of the molecule is C[C@H](CC/C=C/C(=O)Nc1ccccc1N)[C@@H](OC(=O)Nc1ccc(Br)cc1)c1cccc(OCCO)c1. The second-order valence-corrected chi connectivity index (χ2v) is 9.55. The van der Waals surface area contributed by atoms with Crippen molar-refractivity contribution in [2.75, 3.05) is 29.6 Å². The number of carbonyl (C=O) groups excluding carboxylic acids is 2. The number of para-hydroxylation sites is 2. The number of carbonyl (C=O) groups is 2. The van der Waals surface area contributed by atoms with Crippen LogP contribution in [0.15, 0.2) is 89.4 Å². The largest absolute Gasteiger partial charge is 0.491 e. The summed E-state index contributed by atoms with van der Waals surface area (Å²) in [5, 5.41) is 14.6. The van der Waals surface area contributed by atoms with E-state index >= 15 is 0 Å². The fraction of sp³-hybridized carbons (Fsp3) is 0.241. The molecule has 0 bridgehead atoms. The Morgan fingerprint density at radius 1 is 1.05 bits per heavy atom. The highest BCUT2D eigenvalue weighted by Gasteiger charge is 2.24. The molecule has 0 radical (unpaired) electrons. The standard InChI is InChI=1S/C29H32BrN3O5/c1-20(7-2-5-12-27(35)33-26-11-4-3-10-25(26)31)28(21-8-6-9-24(19-21)37-18-17-34)38-29(36)32-23-15-13-22(30)14-16-23/h3-6,8-16,19-20,28,34H,2,7,17-18,31H2,1H3,(H,32,36)(H,33,35)/b12-5+/t20-,28-/m1/s1. The van der Waals surface area contributed by atoms with E-state index < -0.39 is 12.2 Å². The predicted octanol–water partition coefficient (Wildman–Crippen LogP) is 6.30. The van der Waals surface area contributed by atoms with Crippen molar-refractivity contribution in [3.63, 3.8) is 0 Å². The molecule has 200 valence electrons. The van der Waals surface area contributed by atoms with E-state index in [1.165, 1.54) is 6.08 Å². The normalized spacial score (nSPS) is 12.5. The third-order valence-corrected chi connectivity index (χ3v) is 6.19. The molecule has 0 aliphatic rings. The van der Waals surface area contributed by atoms with Crippen LogP contribution in [0.25, 0.3) is 0 Å². The lowest BCUT2D eigenvalue weighted by Gasteiger charge is -2.25. The monoisotopic (exact) mass is 581 g/mol. The molecule has 38 heavy (non-hydrogen) atoms. The minimum Gasteiger partial charge on any atom is -0.491 e. The number of halogens is 1. The van der Waals surface area contributed by atoms with E-state index in [-0.39, 0.29) is 25.0 Å². The highest BCUT2D eigenvalue weighted by molar-refractivity contribution is 9.10. The van der Waals surface area contributed by atoms with E-state index in [2.05, 4.69) is 26.6 Å². The fourth-order valence-electron chi connectivity index (χ4n) is 3.74. The third kappa shape index (κ3) is 9.24. The maximum Gasteiger partial charge on any atom is 0.412 e. The summed E-state index contributed by atoms with van der Waals surface area (Å²) in [6.07, 6.45) is 3.34. The molecule has 9 heteroatoms. The van der Waals surface area contributed by atoms with Gasteiger partial charge < -0.3 is 25.6 Å². The quantitative estimate of drug-likeness (QED) is 0.147. The zero-order valence-electron chi connectivity index (χ0n) is 21.1. The van der Waals surface area contributed by atoms with E-state index in [9.17, 15) is 9.59 Å². The molecule has 0 fully saturated rings. The lowest BCUT2D eigenvalue weighted by molar-refractivity contribution is -0.111. The lowest BCUT2D eigenvalue weighted by atomic mass is 9.93. The van der Waals surface area contributed by atoms with Crippen LogP contribution in [0.3, 0.4) is 0 Å². The first-order valence-electron chi connectivity index (χ1n) is 12.2. The van der Waals surface area contributed by atoms with Crippen LogP contribution in [-0.2, 0) is 9.53 Å². The molecule has 0 heterocycles. The first-order chi connectivity index (χ1) is 18.4. The van der Waals surface area contributed by atoms with E-state index in [0.717, 1.165) is 10.0 Å². The lowest BCUT2D eigenvalue weighted by Crippen LogP contribution is -2.22. The van der Waals surface area contributed by atoms with Gasteiger partial charge in [-0.3, -0.25) is 10.1 Å². The summed E-state index contributed by atoms with van der Waals surface area (Å²) in [6, 6.07) is 21.5. The second-order valence-electron chi connectivity index (χ2n) is 8.64. The highest BCUT2D eigenvalue weighted by Crippen LogP contribution is 2.32. The molecule has 0 aliphatic heterocycles. The molecule has 3 aromatic carbocycles. The summed E-state index contributed by atoms with van der Waals surface area (Å²) in [7, 11) is 0. The van der Waals surface area contributed by atoms with E-state index in [4.69, 9.17) is 20.3 Å². The summed E-state index contributed by atoms with van der Waals surface area (Å²) in [5.74, 6) is 0.213. The number of ether oxygens (including phenoxy) is 2. The van der Waals surface area contributed by atoms with Gasteiger partial charge in [-0.2, -0.15) is 0 Å². The number of nitrogen functional groups attached to an aromatic ring is 1. The first-order valence-corrected chi connectivity index (χ1v) is 13.0. The Balaban J connectivity index is 1.65. The molecule has 5 N–H and O–H groups in total. The second kappa shape index (κ2) is 14.8. The number of allylic oxidation sites excluding steroid dienone is 1. The number of aliphatic hydroxyl groups is 1. The molecule has 2 amide bonds. The number of anilines is 3. The summed E-state index contributed by atoms with van der Waals surface area (Å²) in [4.78, 5) is 25.0. The van der Waals surface area contributed by atoms with Gasteiger partial charge in [-0.05, 0) is 78.9 Å². The van der Waals surface area contributed by atoms with Crippen molar-refractivity contribution in [2.45, 2.75) is 25.9 Å². The van der Waals surface area contributed by atoms with Crippen molar-refractivity contribution < 1.29 is 24.2 Å². The molecule has 3 aromatic rings. The highest BCUT2D eigenvalue weighted by atomic mass is 79.9. The number of nitrogens with one attached hydrogen (secondary N) is 2. The van der Waals surface area contributed by atoms with Crippen LogP contribution in [0.2, 0.25) is 0 Å². The minimum absolute atomic E-state index is 0.0868. The van der Waals surface area contributed by atoms with Crippen LogP contribution in [0.4, 0.5) is 21.9 Å². The van der Waals surface area contributed by atoms with Gasteiger partial charge in [0.05, 0.1) is 18.0 Å². The van der Waals surface area contributed by atoms with Gasteiger partial charge in [0.1, 0.15) is 18.5 Å². The zero-order valence-corrected chi connectivity index (χ0v) is 22.7. The molecule has 0 aliphatic carbocycles. The summed E-state index contributed by atoms with van der Waals surface area (Å²) < 4.78 is 12.3. The van der Waals surface area contributed by atoms with Gasteiger partial charge in [-0.1, -0.05) is 53.2 Å². The van der Waals surface area contributed by atoms with Crippen LogP contribution in [0, 0.1) is 5.92 Å². The molecule has 0 saturated heterocycles. The maximum absolute atomic E-state index is 12.8. The topological polar surface area (TPSA) is 123 Å². The van der Waals surface area contributed by atoms with Gasteiger partial charge >= 0.3 is 6.09 Å². The Hall–Kier alpha value is -3.82. The Labute approximate surface area is 231 Å². The average Bonchev–Trinajstić information content (AvgIpc) is 2.91. The zero-order chi connectivity index (χ0) is 27.3. The van der Waals surface area contributed by atoms with E-state index in [1.54, 1.807) is 54.6 Å². The molecule has 0 unspecified atom stereocenters. The first kappa shape index (κ1) is 28.7. The van der Waals surface area contributed by atoms with Crippen LogP contribution in [-0.4, -0.2) is 30.3 Å². The molecular weight excluding hydrogens is 550 g/mol. The van der Waals surface area contributed by atoms with Gasteiger partial charge in [0.15, 0.2) is 0 Å². The molecule has 3 rings (SSSR count). The van der Waals surface area contributed by atoms with Gasteiger partial charge in [-0.25, -0.2) is 4.79 Å². The van der Waals surface area contributed by atoms with Crippen LogP contribution in [0.5, 0.6) is 5.75 Å². The van der Waals surface area contributed by atoms with Crippen molar-refractivity contribution in [1.82, 2.24) is 0 Å². The number of hydrogen-bond acceptors (Lipinski definition) is 6. The van der Waals surface area contributed by atoms with Crippen molar-refractivity contribution in [3.8, 4) is 5.75 Å².